The Bertz CT molecular complexity index is 928. The molecule has 0 bridgehead atoms. The first-order valence-electron chi connectivity index (χ1n) is 9.76. The molecule has 0 spiro atoms. The number of rotatable bonds is 6. The van der Waals surface area contributed by atoms with Crippen LogP contribution in [0.2, 0.25) is 0 Å². The van der Waals surface area contributed by atoms with Gasteiger partial charge in [-0.15, -0.1) is 11.3 Å². The third-order valence-electron chi connectivity index (χ3n) is 5.42. The third-order valence-corrected chi connectivity index (χ3v) is 6.18. The van der Waals surface area contributed by atoms with Crippen molar-refractivity contribution in [3.63, 3.8) is 0 Å². The normalized spacial score (nSPS) is 15.9. The number of carbonyl (C=O) groups is 1. The molecule has 1 fully saturated rings. The second kappa shape index (κ2) is 8.43. The zero-order valence-electron chi connectivity index (χ0n) is 16.1. The largest absolute Gasteiger partial charge is 0.393 e. The minimum Gasteiger partial charge on any atom is -0.393 e. The number of thiazole rings is 1. The van der Waals surface area contributed by atoms with Gasteiger partial charge >= 0.3 is 0 Å². The van der Waals surface area contributed by atoms with Crippen molar-refractivity contribution in [1.29, 1.82) is 0 Å². The van der Waals surface area contributed by atoms with Crippen LogP contribution in [0.1, 0.15) is 34.6 Å². The lowest BCUT2D eigenvalue weighted by Crippen LogP contribution is -2.36. The number of hydrogen-bond donors (Lipinski definition) is 1. The molecule has 1 aliphatic rings. The Balaban J connectivity index is 1.50. The van der Waals surface area contributed by atoms with Crippen LogP contribution in [0.4, 0.5) is 0 Å². The number of fused-ring (bicyclic) bond motifs is 1. The van der Waals surface area contributed by atoms with E-state index in [0.29, 0.717) is 18.8 Å². The zero-order chi connectivity index (χ0) is 19.5. The first-order chi connectivity index (χ1) is 13.6. The molecule has 6 nitrogen and oxygen atoms in total. The van der Waals surface area contributed by atoms with Crippen molar-refractivity contribution in [2.24, 2.45) is 0 Å². The van der Waals surface area contributed by atoms with Crippen molar-refractivity contribution in [2.75, 3.05) is 26.7 Å². The Morgan fingerprint density at radius 2 is 2.04 bits per heavy atom. The summed E-state index contributed by atoms with van der Waals surface area (Å²) in [6.45, 7) is 3.02. The van der Waals surface area contributed by atoms with E-state index in [1.54, 1.807) is 16.2 Å². The van der Waals surface area contributed by atoms with Gasteiger partial charge in [-0.25, -0.2) is 4.98 Å². The Hall–Kier alpha value is -2.22. The van der Waals surface area contributed by atoms with Gasteiger partial charge in [0, 0.05) is 44.8 Å². The number of hydrogen-bond acceptors (Lipinski definition) is 5. The molecule has 0 radical (unpaired) electrons. The molecule has 4 rings (SSSR count). The minimum atomic E-state index is -0.201. The minimum absolute atomic E-state index is 0.0288. The second-order valence-electron chi connectivity index (χ2n) is 7.43. The Morgan fingerprint density at radius 1 is 1.29 bits per heavy atom. The summed E-state index contributed by atoms with van der Waals surface area (Å²) in [5.41, 5.74) is 2.72. The number of aliphatic hydroxyl groups is 1. The fourth-order valence-corrected chi connectivity index (χ4v) is 4.40. The molecule has 3 aromatic rings. The molecule has 1 N–H and O–H groups in total. The first-order valence-corrected chi connectivity index (χ1v) is 10.6. The standard InChI is InChI=1S/C21H26N4O2S/c1-23(10-7-16-5-3-2-4-6-16)20(27)19-18(25-13-14-28-21(25)22-19)15-24-11-8-17(26)9-12-24/h2-6,13-14,17,26H,7-12,15H2,1H3. The summed E-state index contributed by atoms with van der Waals surface area (Å²) >= 11 is 1.55. The first kappa shape index (κ1) is 19.1. The molecule has 1 amide bonds. The summed E-state index contributed by atoms with van der Waals surface area (Å²) < 4.78 is 2.04. The van der Waals surface area contributed by atoms with Crippen LogP contribution in [-0.4, -0.2) is 63.0 Å². The van der Waals surface area contributed by atoms with E-state index in [1.807, 2.05) is 41.2 Å². The van der Waals surface area contributed by atoms with E-state index in [0.717, 1.165) is 43.0 Å². The van der Waals surface area contributed by atoms with Crippen LogP contribution in [0.5, 0.6) is 0 Å². The van der Waals surface area contributed by atoms with E-state index in [4.69, 9.17) is 0 Å². The highest BCUT2D eigenvalue weighted by Gasteiger charge is 2.25. The molecular formula is C21H26N4O2S. The number of aliphatic hydroxyl groups excluding tert-OH is 1. The summed E-state index contributed by atoms with van der Waals surface area (Å²) in [6, 6.07) is 10.2. The molecule has 1 aliphatic heterocycles. The highest BCUT2D eigenvalue weighted by atomic mass is 32.1. The van der Waals surface area contributed by atoms with E-state index in [2.05, 4.69) is 22.0 Å². The van der Waals surface area contributed by atoms with Crippen LogP contribution in [0.3, 0.4) is 0 Å². The number of likely N-dealkylation sites (tertiary alicyclic amines) is 1. The maximum absolute atomic E-state index is 13.1. The Labute approximate surface area is 169 Å². The summed E-state index contributed by atoms with van der Waals surface area (Å²) in [5.74, 6) is -0.0288. The van der Waals surface area contributed by atoms with Crippen molar-refractivity contribution in [2.45, 2.75) is 31.9 Å². The van der Waals surface area contributed by atoms with E-state index in [-0.39, 0.29) is 12.0 Å². The lowest BCUT2D eigenvalue weighted by molar-refractivity contribution is 0.0751. The van der Waals surface area contributed by atoms with Crippen molar-refractivity contribution < 1.29 is 9.90 Å². The van der Waals surface area contributed by atoms with Crippen LogP contribution < -0.4 is 0 Å². The fourth-order valence-electron chi connectivity index (χ4n) is 3.67. The van der Waals surface area contributed by atoms with Gasteiger partial charge in [0.25, 0.3) is 5.91 Å². The number of imidazole rings is 1. The molecule has 0 aliphatic carbocycles. The van der Waals surface area contributed by atoms with Gasteiger partial charge in [-0.1, -0.05) is 30.3 Å². The average molecular weight is 399 g/mol. The molecule has 1 saturated heterocycles. The predicted molar refractivity (Wildman–Crippen MR) is 111 cm³/mol. The summed E-state index contributed by atoms with van der Waals surface area (Å²) in [4.78, 5) is 22.7. The SMILES string of the molecule is CN(CCc1ccccc1)C(=O)c1nc2sccn2c1CN1CCC(O)CC1. The average Bonchev–Trinajstić information content (AvgIpc) is 3.30. The predicted octanol–water partition coefficient (Wildman–Crippen LogP) is 2.67. The van der Waals surface area contributed by atoms with Crippen LogP contribution >= 0.6 is 11.3 Å². The van der Waals surface area contributed by atoms with E-state index in [9.17, 15) is 9.90 Å². The van der Waals surface area contributed by atoms with Crippen LogP contribution in [-0.2, 0) is 13.0 Å². The van der Waals surface area contributed by atoms with Crippen LogP contribution in [0, 0.1) is 0 Å². The van der Waals surface area contributed by atoms with E-state index < -0.39 is 0 Å². The number of aromatic nitrogens is 2. The number of amides is 1. The molecule has 3 heterocycles. The topological polar surface area (TPSA) is 61.1 Å². The fraction of sp³-hybridized carbons (Fsp3) is 0.429. The maximum atomic E-state index is 13.1. The molecule has 28 heavy (non-hydrogen) atoms. The lowest BCUT2D eigenvalue weighted by Gasteiger charge is -2.29. The molecule has 0 saturated carbocycles. The van der Waals surface area contributed by atoms with Gasteiger partial charge in [-0.05, 0) is 24.8 Å². The number of carbonyl (C=O) groups excluding carboxylic acids is 1. The number of nitrogens with zero attached hydrogens (tertiary/aromatic N) is 4. The number of benzene rings is 1. The smallest absolute Gasteiger partial charge is 0.274 e. The molecular weight excluding hydrogens is 372 g/mol. The molecule has 0 unspecified atom stereocenters. The monoisotopic (exact) mass is 398 g/mol. The van der Waals surface area contributed by atoms with Crippen molar-refractivity contribution in [3.8, 4) is 0 Å². The van der Waals surface area contributed by atoms with Crippen molar-refractivity contribution in [1.82, 2.24) is 19.2 Å². The Morgan fingerprint density at radius 3 is 2.79 bits per heavy atom. The van der Waals surface area contributed by atoms with Crippen molar-refractivity contribution >= 4 is 22.2 Å². The van der Waals surface area contributed by atoms with Crippen molar-refractivity contribution in [3.05, 3.63) is 58.9 Å². The second-order valence-corrected chi connectivity index (χ2v) is 8.31. The van der Waals surface area contributed by atoms with Gasteiger partial charge in [0.15, 0.2) is 10.7 Å². The van der Waals surface area contributed by atoms with Crippen LogP contribution in [0.25, 0.3) is 4.96 Å². The summed E-state index contributed by atoms with van der Waals surface area (Å²) in [6.07, 6.45) is 4.18. The number of likely N-dealkylation sites (N-methyl/N-ethyl adjacent to an activating group) is 1. The van der Waals surface area contributed by atoms with Gasteiger partial charge in [0.2, 0.25) is 0 Å². The molecule has 7 heteroatoms. The molecule has 2 aromatic heterocycles. The lowest BCUT2D eigenvalue weighted by atomic mass is 10.1. The summed E-state index contributed by atoms with van der Waals surface area (Å²) in [7, 11) is 1.85. The number of piperidine rings is 1. The van der Waals surface area contributed by atoms with Gasteiger partial charge in [0.1, 0.15) is 0 Å². The maximum Gasteiger partial charge on any atom is 0.274 e. The summed E-state index contributed by atoms with van der Waals surface area (Å²) in [5, 5.41) is 11.8. The highest BCUT2D eigenvalue weighted by Crippen LogP contribution is 2.22. The third kappa shape index (κ3) is 4.11. The van der Waals surface area contributed by atoms with Gasteiger partial charge in [-0.2, -0.15) is 0 Å². The molecule has 0 atom stereocenters. The quantitative estimate of drug-likeness (QED) is 0.694. The van der Waals surface area contributed by atoms with Crippen LogP contribution in [0.15, 0.2) is 41.9 Å². The highest BCUT2D eigenvalue weighted by molar-refractivity contribution is 7.15. The van der Waals surface area contributed by atoms with Gasteiger partial charge in [-0.3, -0.25) is 14.1 Å². The van der Waals surface area contributed by atoms with E-state index >= 15 is 0 Å². The Kier molecular flexibility index (Phi) is 5.75. The molecule has 148 valence electrons. The zero-order valence-corrected chi connectivity index (χ0v) is 16.9. The van der Waals surface area contributed by atoms with Gasteiger partial charge < -0.3 is 10.0 Å². The van der Waals surface area contributed by atoms with E-state index in [1.165, 1.54) is 5.56 Å². The van der Waals surface area contributed by atoms with Gasteiger partial charge in [0.05, 0.1) is 11.8 Å². The molecule has 1 aromatic carbocycles.